The highest BCUT2D eigenvalue weighted by Crippen LogP contribution is 2.40. The number of piperidine rings is 1. The zero-order valence-electron chi connectivity index (χ0n) is 17.6. The first kappa shape index (κ1) is 22.9. The summed E-state index contributed by atoms with van der Waals surface area (Å²) < 4.78 is 46.7. The molecule has 4 heterocycles. The van der Waals surface area contributed by atoms with Crippen LogP contribution in [-0.2, 0) is 22.1 Å². The summed E-state index contributed by atoms with van der Waals surface area (Å²) in [5.41, 5.74) is -0.933. The summed E-state index contributed by atoms with van der Waals surface area (Å²) in [5, 5.41) is 0.636. The van der Waals surface area contributed by atoms with Crippen LogP contribution in [0.4, 0.5) is 18.9 Å². The molecule has 0 aliphatic carbocycles. The lowest BCUT2D eigenvalue weighted by molar-refractivity contribution is -0.162. The number of amides is 1. The van der Waals surface area contributed by atoms with Crippen LogP contribution in [0, 0.1) is 0 Å². The van der Waals surface area contributed by atoms with E-state index in [1.54, 1.807) is 19.2 Å². The van der Waals surface area contributed by atoms with E-state index in [2.05, 4.69) is 14.9 Å². The van der Waals surface area contributed by atoms with E-state index in [-0.39, 0.29) is 12.2 Å². The molecular formula is C22H24ClF3N4O2. The maximum absolute atomic E-state index is 13.5. The fourth-order valence-corrected chi connectivity index (χ4v) is 4.64. The van der Waals surface area contributed by atoms with Crippen molar-refractivity contribution in [1.29, 1.82) is 0 Å². The third kappa shape index (κ3) is 4.74. The van der Waals surface area contributed by atoms with Crippen LogP contribution >= 0.6 is 11.6 Å². The van der Waals surface area contributed by atoms with Gasteiger partial charge in [0.05, 0.1) is 40.3 Å². The standard InChI is InChI=1S/C22H24ClF3N4O2/c1-15-20(31)30(19-13-27-9-4-16(19)22(24,25)26)14-21(32-15)6-11-29(12-7-21)10-5-18-17(23)3-2-8-28-18/h2-4,8-9,13,15H,5-7,10-12,14H2,1H3. The first-order valence-corrected chi connectivity index (χ1v) is 10.9. The molecule has 1 atom stereocenters. The molecule has 0 aromatic carbocycles. The van der Waals surface area contributed by atoms with Crippen LogP contribution in [0.3, 0.4) is 0 Å². The second-order valence-corrected chi connectivity index (χ2v) is 8.69. The van der Waals surface area contributed by atoms with Crippen molar-refractivity contribution in [2.45, 2.75) is 44.1 Å². The van der Waals surface area contributed by atoms with Gasteiger partial charge < -0.3 is 14.5 Å². The number of ether oxygens (including phenoxy) is 1. The number of hydrogen-bond donors (Lipinski definition) is 0. The number of pyridine rings is 2. The van der Waals surface area contributed by atoms with Crippen molar-refractivity contribution in [3.05, 3.63) is 53.1 Å². The fraction of sp³-hybridized carbons (Fsp3) is 0.500. The lowest BCUT2D eigenvalue weighted by atomic mass is 9.88. The molecule has 0 radical (unpaired) electrons. The lowest BCUT2D eigenvalue weighted by Gasteiger charge is -2.49. The molecule has 2 aromatic rings. The van der Waals surface area contributed by atoms with Crippen molar-refractivity contribution in [3.8, 4) is 0 Å². The molecule has 172 valence electrons. The van der Waals surface area contributed by atoms with E-state index < -0.39 is 29.4 Å². The number of hydrogen-bond acceptors (Lipinski definition) is 5. The van der Waals surface area contributed by atoms with Crippen LogP contribution in [0.1, 0.15) is 31.0 Å². The first-order chi connectivity index (χ1) is 15.2. The van der Waals surface area contributed by atoms with E-state index in [0.29, 0.717) is 37.4 Å². The minimum absolute atomic E-state index is 0.0743. The Morgan fingerprint density at radius 1 is 1.25 bits per heavy atom. The van der Waals surface area contributed by atoms with Gasteiger partial charge >= 0.3 is 6.18 Å². The predicted octanol–water partition coefficient (Wildman–Crippen LogP) is 3.98. The normalized spacial score (nSPS) is 21.8. The molecule has 1 unspecified atom stereocenters. The number of anilines is 1. The Balaban J connectivity index is 1.46. The molecule has 2 aliphatic heterocycles. The summed E-state index contributed by atoms with van der Waals surface area (Å²) in [5.74, 6) is -0.485. The zero-order chi connectivity index (χ0) is 22.9. The Kier molecular flexibility index (Phi) is 6.42. The van der Waals surface area contributed by atoms with E-state index in [1.165, 1.54) is 4.90 Å². The number of nitrogens with zero attached hydrogens (tertiary/aromatic N) is 4. The molecule has 4 rings (SSSR count). The van der Waals surface area contributed by atoms with E-state index in [4.69, 9.17) is 16.3 Å². The first-order valence-electron chi connectivity index (χ1n) is 10.5. The number of morpholine rings is 1. The Labute approximate surface area is 189 Å². The molecule has 1 spiro atoms. The van der Waals surface area contributed by atoms with Gasteiger partial charge in [-0.25, -0.2) is 0 Å². The van der Waals surface area contributed by atoms with Crippen molar-refractivity contribution in [3.63, 3.8) is 0 Å². The maximum Gasteiger partial charge on any atom is 0.418 e. The quantitative estimate of drug-likeness (QED) is 0.679. The number of likely N-dealkylation sites (tertiary alicyclic amines) is 1. The summed E-state index contributed by atoms with van der Waals surface area (Å²) in [6.45, 7) is 3.85. The molecule has 6 nitrogen and oxygen atoms in total. The smallest absolute Gasteiger partial charge is 0.360 e. The number of rotatable bonds is 4. The summed E-state index contributed by atoms with van der Waals surface area (Å²) in [6.07, 6.45) is 0.424. The third-order valence-electron chi connectivity index (χ3n) is 6.15. The SMILES string of the molecule is CC1OC2(CCN(CCc3ncccc3Cl)CC2)CN(c2cnccc2C(F)(F)F)C1=O. The Hall–Kier alpha value is -2.23. The van der Waals surface area contributed by atoms with Gasteiger partial charge in [-0.05, 0) is 38.0 Å². The second-order valence-electron chi connectivity index (χ2n) is 8.28. The van der Waals surface area contributed by atoms with Crippen LogP contribution in [-0.4, -0.2) is 58.7 Å². The molecule has 0 N–H and O–H groups in total. The summed E-state index contributed by atoms with van der Waals surface area (Å²) >= 11 is 6.18. The lowest BCUT2D eigenvalue weighted by Crippen LogP contribution is -2.62. The largest absolute Gasteiger partial charge is 0.418 e. The van der Waals surface area contributed by atoms with Crippen LogP contribution in [0.25, 0.3) is 0 Å². The molecule has 10 heteroatoms. The van der Waals surface area contributed by atoms with E-state index in [1.807, 2.05) is 6.07 Å². The Morgan fingerprint density at radius 2 is 2.00 bits per heavy atom. The van der Waals surface area contributed by atoms with Gasteiger partial charge in [0, 0.05) is 38.4 Å². The van der Waals surface area contributed by atoms with Gasteiger partial charge in [-0.2, -0.15) is 13.2 Å². The number of carbonyl (C=O) groups is 1. The molecule has 2 fully saturated rings. The minimum Gasteiger partial charge on any atom is -0.360 e. The van der Waals surface area contributed by atoms with E-state index >= 15 is 0 Å². The van der Waals surface area contributed by atoms with Crippen LogP contribution in [0.2, 0.25) is 5.02 Å². The van der Waals surface area contributed by atoms with Gasteiger partial charge in [-0.15, -0.1) is 0 Å². The van der Waals surface area contributed by atoms with Gasteiger partial charge in [0.1, 0.15) is 6.10 Å². The zero-order valence-corrected chi connectivity index (χ0v) is 18.4. The summed E-state index contributed by atoms with van der Waals surface area (Å²) in [4.78, 5) is 24.4. The molecule has 2 aliphatic rings. The Bertz CT molecular complexity index is 980. The van der Waals surface area contributed by atoms with Crippen LogP contribution in [0.15, 0.2) is 36.8 Å². The molecule has 2 saturated heterocycles. The van der Waals surface area contributed by atoms with Gasteiger partial charge in [0.2, 0.25) is 0 Å². The molecule has 32 heavy (non-hydrogen) atoms. The summed E-state index contributed by atoms with van der Waals surface area (Å²) in [6, 6.07) is 4.50. The maximum atomic E-state index is 13.5. The number of aromatic nitrogens is 2. The van der Waals surface area contributed by atoms with Crippen LogP contribution < -0.4 is 4.90 Å². The van der Waals surface area contributed by atoms with Crippen molar-refractivity contribution in [2.75, 3.05) is 31.1 Å². The van der Waals surface area contributed by atoms with Crippen molar-refractivity contribution in [1.82, 2.24) is 14.9 Å². The average molecular weight is 469 g/mol. The molecular weight excluding hydrogens is 445 g/mol. The number of halogens is 4. The molecule has 0 bridgehead atoms. The summed E-state index contributed by atoms with van der Waals surface area (Å²) in [7, 11) is 0. The minimum atomic E-state index is -4.58. The van der Waals surface area contributed by atoms with Crippen LogP contribution in [0.5, 0.6) is 0 Å². The number of carbonyl (C=O) groups excluding carboxylic acids is 1. The third-order valence-corrected chi connectivity index (χ3v) is 6.49. The van der Waals surface area contributed by atoms with Crippen molar-refractivity contribution < 1.29 is 22.7 Å². The highest BCUT2D eigenvalue weighted by Gasteiger charge is 2.47. The molecule has 2 aromatic heterocycles. The topological polar surface area (TPSA) is 58.6 Å². The monoisotopic (exact) mass is 468 g/mol. The van der Waals surface area contributed by atoms with E-state index in [9.17, 15) is 18.0 Å². The number of alkyl halides is 3. The second kappa shape index (κ2) is 8.96. The van der Waals surface area contributed by atoms with Gasteiger partial charge in [0.25, 0.3) is 5.91 Å². The molecule has 0 saturated carbocycles. The Morgan fingerprint density at radius 3 is 2.69 bits per heavy atom. The highest BCUT2D eigenvalue weighted by molar-refractivity contribution is 6.31. The average Bonchev–Trinajstić information content (AvgIpc) is 2.76. The predicted molar refractivity (Wildman–Crippen MR) is 113 cm³/mol. The van der Waals surface area contributed by atoms with E-state index in [0.717, 1.165) is 30.7 Å². The van der Waals surface area contributed by atoms with Gasteiger partial charge in [-0.3, -0.25) is 14.8 Å². The highest BCUT2D eigenvalue weighted by atomic mass is 35.5. The van der Waals surface area contributed by atoms with Gasteiger partial charge in [0.15, 0.2) is 0 Å². The van der Waals surface area contributed by atoms with Gasteiger partial charge in [-0.1, -0.05) is 11.6 Å². The fourth-order valence-electron chi connectivity index (χ4n) is 4.42. The van der Waals surface area contributed by atoms with Crippen molar-refractivity contribution in [2.24, 2.45) is 0 Å². The van der Waals surface area contributed by atoms with Crippen molar-refractivity contribution >= 4 is 23.2 Å². The molecule has 1 amide bonds.